The number of hydrogen-bond donors (Lipinski definition) is 2. The molecule has 2 atom stereocenters. The molecule has 0 amide bonds. The van der Waals surface area contributed by atoms with Crippen LogP contribution >= 0.6 is 43.2 Å². The average Bonchev–Trinajstić information content (AvgIpc) is 2.69. The quantitative estimate of drug-likeness (QED) is 0.841. The lowest BCUT2D eigenvalue weighted by Gasteiger charge is -2.39. The molecule has 1 aromatic rings. The summed E-state index contributed by atoms with van der Waals surface area (Å²) in [5, 5.41) is 10.5. The molecule has 0 spiro atoms. The van der Waals surface area contributed by atoms with Gasteiger partial charge in [0.15, 0.2) is 0 Å². The van der Waals surface area contributed by atoms with E-state index in [0.29, 0.717) is 13.2 Å². The van der Waals surface area contributed by atoms with E-state index in [2.05, 4.69) is 31.9 Å². The van der Waals surface area contributed by atoms with Gasteiger partial charge in [0.1, 0.15) is 0 Å². The first kappa shape index (κ1) is 14.0. The van der Waals surface area contributed by atoms with Gasteiger partial charge in [-0.3, -0.25) is 0 Å². The minimum Gasteiger partial charge on any atom is -0.387 e. The summed E-state index contributed by atoms with van der Waals surface area (Å²) in [4.78, 5) is 0.930. The molecule has 0 radical (unpaired) electrons. The molecule has 1 aromatic heterocycles. The fraction of sp³-hybridized carbons (Fsp3) is 0.636. The van der Waals surface area contributed by atoms with Crippen molar-refractivity contribution in [2.45, 2.75) is 18.9 Å². The van der Waals surface area contributed by atoms with Crippen molar-refractivity contribution in [2.75, 3.05) is 19.8 Å². The number of nitrogens with two attached hydrogens (primary N) is 1. The van der Waals surface area contributed by atoms with Gasteiger partial charge in [-0.15, -0.1) is 11.3 Å². The van der Waals surface area contributed by atoms with Crippen molar-refractivity contribution >= 4 is 43.2 Å². The normalized spacial score (nSPS) is 27.1. The van der Waals surface area contributed by atoms with E-state index in [1.165, 1.54) is 11.3 Å². The molecule has 6 heteroatoms. The highest BCUT2D eigenvalue weighted by atomic mass is 79.9. The van der Waals surface area contributed by atoms with Gasteiger partial charge in [0.2, 0.25) is 0 Å². The number of aliphatic hydroxyl groups excluding tert-OH is 1. The Morgan fingerprint density at radius 1 is 1.59 bits per heavy atom. The summed E-state index contributed by atoms with van der Waals surface area (Å²) < 4.78 is 7.47. The number of hydrogen-bond acceptors (Lipinski definition) is 4. The van der Waals surface area contributed by atoms with Gasteiger partial charge in [-0.05, 0) is 50.8 Å². The molecule has 96 valence electrons. The van der Waals surface area contributed by atoms with Gasteiger partial charge in [-0.25, -0.2) is 0 Å². The molecule has 1 aliphatic heterocycles. The molecular weight excluding hydrogens is 370 g/mol. The van der Waals surface area contributed by atoms with Gasteiger partial charge in [0.25, 0.3) is 0 Å². The standard InChI is InChI=1S/C11H15Br2NO2S/c12-7-4-8(17-10(7)13)9(15)11(5-14)2-1-3-16-6-11/h4,9,15H,1-3,5-6,14H2. The zero-order chi connectivity index (χ0) is 12.5. The molecule has 3 N–H and O–H groups in total. The van der Waals surface area contributed by atoms with E-state index in [4.69, 9.17) is 10.5 Å². The molecule has 17 heavy (non-hydrogen) atoms. The van der Waals surface area contributed by atoms with Crippen LogP contribution in [0.4, 0.5) is 0 Å². The molecule has 0 bridgehead atoms. The van der Waals surface area contributed by atoms with Crippen LogP contribution in [-0.4, -0.2) is 24.9 Å². The summed E-state index contributed by atoms with van der Waals surface area (Å²) in [7, 11) is 0. The van der Waals surface area contributed by atoms with Crippen LogP contribution in [0.3, 0.4) is 0 Å². The van der Waals surface area contributed by atoms with E-state index in [9.17, 15) is 5.11 Å². The average molecular weight is 385 g/mol. The predicted octanol–water partition coefficient (Wildman–Crippen LogP) is 3.06. The Hall–Kier alpha value is 0.540. The maximum atomic E-state index is 10.5. The fourth-order valence-corrected chi connectivity index (χ4v) is 4.38. The van der Waals surface area contributed by atoms with Crippen LogP contribution in [0.2, 0.25) is 0 Å². The first-order chi connectivity index (χ1) is 8.09. The van der Waals surface area contributed by atoms with E-state index in [1.54, 1.807) is 0 Å². The molecule has 2 heterocycles. The van der Waals surface area contributed by atoms with Crippen molar-refractivity contribution in [3.8, 4) is 0 Å². The summed E-state index contributed by atoms with van der Waals surface area (Å²) in [5.41, 5.74) is 5.53. The zero-order valence-corrected chi connectivity index (χ0v) is 13.3. The van der Waals surface area contributed by atoms with Crippen LogP contribution in [0.1, 0.15) is 23.8 Å². The molecule has 0 saturated carbocycles. The van der Waals surface area contributed by atoms with E-state index in [1.807, 2.05) is 6.07 Å². The predicted molar refractivity (Wildman–Crippen MR) is 76.2 cm³/mol. The largest absolute Gasteiger partial charge is 0.387 e. The third-order valence-electron chi connectivity index (χ3n) is 3.27. The van der Waals surface area contributed by atoms with Crippen molar-refractivity contribution in [1.29, 1.82) is 0 Å². The van der Waals surface area contributed by atoms with Crippen molar-refractivity contribution in [3.05, 3.63) is 19.2 Å². The van der Waals surface area contributed by atoms with Crippen LogP contribution in [0, 0.1) is 5.41 Å². The first-order valence-electron chi connectivity index (χ1n) is 5.50. The second-order valence-electron chi connectivity index (χ2n) is 4.40. The molecule has 0 aromatic carbocycles. The van der Waals surface area contributed by atoms with Crippen LogP contribution < -0.4 is 5.73 Å². The topological polar surface area (TPSA) is 55.5 Å². The Labute approximate surface area is 122 Å². The third kappa shape index (κ3) is 2.77. The molecular formula is C11H15Br2NO2S. The van der Waals surface area contributed by atoms with E-state index < -0.39 is 6.10 Å². The van der Waals surface area contributed by atoms with Crippen molar-refractivity contribution in [3.63, 3.8) is 0 Å². The summed E-state index contributed by atoms with van der Waals surface area (Å²) >= 11 is 8.42. The second-order valence-corrected chi connectivity index (χ2v) is 7.65. The summed E-state index contributed by atoms with van der Waals surface area (Å²) in [6.45, 7) is 1.76. The third-order valence-corrected chi connectivity index (χ3v) is 6.58. The Bertz CT molecular complexity index is 371. The minimum absolute atomic E-state index is 0.331. The minimum atomic E-state index is -0.555. The Kier molecular flexibility index (Phi) is 4.66. The van der Waals surface area contributed by atoms with Gasteiger partial charge in [-0.1, -0.05) is 0 Å². The lowest BCUT2D eigenvalue weighted by atomic mass is 9.77. The molecule has 3 nitrogen and oxygen atoms in total. The summed E-state index contributed by atoms with van der Waals surface area (Å²) in [5.74, 6) is 0. The molecule has 2 rings (SSSR count). The number of thiophene rings is 1. The van der Waals surface area contributed by atoms with Crippen LogP contribution in [0.15, 0.2) is 14.3 Å². The number of halogens is 2. The van der Waals surface area contributed by atoms with Crippen molar-refractivity contribution in [2.24, 2.45) is 11.1 Å². The highest BCUT2D eigenvalue weighted by Crippen LogP contribution is 2.45. The molecule has 0 aliphatic carbocycles. The SMILES string of the molecule is NCC1(C(O)c2cc(Br)c(Br)s2)CCCOC1. The second kappa shape index (κ2) is 5.67. The van der Waals surface area contributed by atoms with Crippen LogP contribution in [-0.2, 0) is 4.74 Å². The summed E-state index contributed by atoms with van der Waals surface area (Å²) in [6, 6.07) is 1.95. The number of rotatable bonds is 3. The first-order valence-corrected chi connectivity index (χ1v) is 7.90. The van der Waals surface area contributed by atoms with E-state index in [-0.39, 0.29) is 5.41 Å². The highest BCUT2D eigenvalue weighted by molar-refractivity contribution is 9.13. The van der Waals surface area contributed by atoms with Gasteiger partial charge in [-0.2, -0.15) is 0 Å². The van der Waals surface area contributed by atoms with E-state index in [0.717, 1.165) is 32.6 Å². The lowest BCUT2D eigenvalue weighted by Crippen LogP contribution is -2.43. The van der Waals surface area contributed by atoms with Crippen LogP contribution in [0.5, 0.6) is 0 Å². The Morgan fingerprint density at radius 3 is 2.82 bits per heavy atom. The maximum absolute atomic E-state index is 10.5. The van der Waals surface area contributed by atoms with Gasteiger partial charge in [0, 0.05) is 27.9 Å². The monoisotopic (exact) mass is 383 g/mol. The maximum Gasteiger partial charge on any atom is 0.0972 e. The number of aliphatic hydroxyl groups is 1. The lowest BCUT2D eigenvalue weighted by molar-refractivity contribution is -0.0769. The van der Waals surface area contributed by atoms with E-state index >= 15 is 0 Å². The Balaban J connectivity index is 2.24. The van der Waals surface area contributed by atoms with Gasteiger partial charge < -0.3 is 15.6 Å². The molecule has 1 saturated heterocycles. The van der Waals surface area contributed by atoms with Gasteiger partial charge >= 0.3 is 0 Å². The zero-order valence-electron chi connectivity index (χ0n) is 9.29. The Morgan fingerprint density at radius 2 is 2.35 bits per heavy atom. The van der Waals surface area contributed by atoms with Crippen molar-refractivity contribution in [1.82, 2.24) is 0 Å². The molecule has 2 unspecified atom stereocenters. The molecule has 1 fully saturated rings. The highest BCUT2D eigenvalue weighted by Gasteiger charge is 2.40. The molecule has 1 aliphatic rings. The fourth-order valence-electron chi connectivity index (χ4n) is 2.16. The van der Waals surface area contributed by atoms with Gasteiger partial charge in [0.05, 0.1) is 16.5 Å². The van der Waals surface area contributed by atoms with Crippen LogP contribution in [0.25, 0.3) is 0 Å². The van der Waals surface area contributed by atoms with Crippen molar-refractivity contribution < 1.29 is 9.84 Å². The summed E-state index contributed by atoms with van der Waals surface area (Å²) in [6.07, 6.45) is 1.32. The number of ether oxygens (including phenoxy) is 1. The smallest absolute Gasteiger partial charge is 0.0972 e.